The molecule has 1 amide bonds. The van der Waals surface area contributed by atoms with Crippen LogP contribution in [0.3, 0.4) is 0 Å². The van der Waals surface area contributed by atoms with Gasteiger partial charge in [0.2, 0.25) is 5.91 Å². The van der Waals surface area contributed by atoms with Gasteiger partial charge in [-0.25, -0.2) is 4.57 Å². The quantitative estimate of drug-likeness (QED) is 0.0205. The predicted octanol–water partition coefficient (Wildman–Crippen LogP) is 16.9. The number of unbranched alkanes of at least 4 members (excludes halogenated alkanes) is 24. The molecule has 2 N–H and O–H groups in total. The third-order valence-electron chi connectivity index (χ3n) is 12.1. The topological polar surface area (TPSA) is 111 Å². The Morgan fingerprint density at radius 3 is 1.41 bits per heavy atom. The molecule has 0 heterocycles. The maximum Gasteiger partial charge on any atom is 0.472 e. The molecule has 3 unspecified atom stereocenters. The summed E-state index contributed by atoms with van der Waals surface area (Å²) in [5, 5.41) is 3.03. The van der Waals surface area contributed by atoms with E-state index in [2.05, 4.69) is 86.8 Å². The first-order valence-electron chi connectivity index (χ1n) is 28.3. The molecular weight excluding hydrogens is 880 g/mol. The van der Waals surface area contributed by atoms with Crippen LogP contribution in [0.25, 0.3) is 0 Å². The second-order valence-electron chi connectivity index (χ2n) is 20.1. The van der Waals surface area contributed by atoms with Gasteiger partial charge >= 0.3 is 13.8 Å². The number of ether oxygens (including phenoxy) is 1. The van der Waals surface area contributed by atoms with Crippen molar-refractivity contribution in [2.45, 2.75) is 251 Å². The lowest BCUT2D eigenvalue weighted by Crippen LogP contribution is -2.47. The van der Waals surface area contributed by atoms with E-state index in [9.17, 15) is 19.0 Å². The van der Waals surface area contributed by atoms with Crippen LogP contribution < -0.4 is 5.32 Å². The van der Waals surface area contributed by atoms with Crippen molar-refractivity contribution >= 4 is 19.7 Å². The Bertz CT molecular complexity index is 1420. The van der Waals surface area contributed by atoms with Gasteiger partial charge in [0.05, 0.1) is 33.8 Å². The molecule has 0 aliphatic rings. The lowest BCUT2D eigenvalue weighted by Gasteiger charge is -2.27. The minimum atomic E-state index is -4.45. The van der Waals surface area contributed by atoms with Crippen LogP contribution in [-0.2, 0) is 27.9 Å². The lowest BCUT2D eigenvalue weighted by atomic mass is 10.1. The van der Waals surface area contributed by atoms with Crippen LogP contribution in [-0.4, -0.2) is 74.3 Å². The van der Waals surface area contributed by atoms with Gasteiger partial charge in [-0.1, -0.05) is 203 Å². The van der Waals surface area contributed by atoms with E-state index in [1.165, 1.54) is 83.5 Å². The molecule has 0 aliphatic carbocycles. The van der Waals surface area contributed by atoms with Gasteiger partial charge < -0.3 is 19.4 Å². The number of amides is 1. The maximum atomic E-state index is 13.4. The molecule has 0 aromatic carbocycles. The number of allylic oxidation sites excluding steroid dienone is 11. The maximum absolute atomic E-state index is 13.4. The van der Waals surface area contributed by atoms with Crippen molar-refractivity contribution in [3.05, 3.63) is 72.9 Å². The molecule has 400 valence electrons. The van der Waals surface area contributed by atoms with Gasteiger partial charge in [-0.2, -0.15) is 0 Å². The van der Waals surface area contributed by atoms with Crippen molar-refractivity contribution in [1.82, 2.24) is 5.32 Å². The molecule has 0 radical (unpaired) electrons. The van der Waals surface area contributed by atoms with Crippen LogP contribution in [0.4, 0.5) is 0 Å². The van der Waals surface area contributed by atoms with E-state index in [-0.39, 0.29) is 31.5 Å². The van der Waals surface area contributed by atoms with Gasteiger partial charge in [0.25, 0.3) is 0 Å². The molecule has 0 aromatic rings. The Hall–Kier alpha value is -2.55. The molecule has 0 aromatic heterocycles. The van der Waals surface area contributed by atoms with E-state index in [4.69, 9.17) is 13.8 Å². The molecule has 0 saturated heterocycles. The number of likely N-dealkylation sites (N-methyl/N-ethyl adjacent to an activating group) is 1. The molecule has 9 nitrogen and oxygen atoms in total. The fraction of sp³-hybridized carbons (Fsp3) is 0.763. The first-order valence-corrected chi connectivity index (χ1v) is 29.8. The van der Waals surface area contributed by atoms with Gasteiger partial charge in [0.1, 0.15) is 19.3 Å². The van der Waals surface area contributed by atoms with Gasteiger partial charge in [-0.3, -0.25) is 18.6 Å². The van der Waals surface area contributed by atoms with Crippen molar-refractivity contribution in [3.63, 3.8) is 0 Å². The first kappa shape index (κ1) is 66.5. The summed E-state index contributed by atoms with van der Waals surface area (Å²) in [4.78, 5) is 37.5. The average Bonchev–Trinajstić information content (AvgIpc) is 3.31. The number of esters is 1. The van der Waals surface area contributed by atoms with Crippen molar-refractivity contribution in [2.75, 3.05) is 40.9 Å². The molecule has 0 rings (SSSR count). The van der Waals surface area contributed by atoms with Gasteiger partial charge in [0.15, 0.2) is 0 Å². The number of hydrogen-bond donors (Lipinski definition) is 2. The lowest BCUT2D eigenvalue weighted by molar-refractivity contribution is -0.870. The molecular formula is C59H108N2O7P+. The fourth-order valence-corrected chi connectivity index (χ4v) is 8.40. The summed E-state index contributed by atoms with van der Waals surface area (Å²) in [6.45, 7) is 6.90. The largest absolute Gasteiger partial charge is 0.472 e. The number of hydrogen-bond acceptors (Lipinski definition) is 6. The van der Waals surface area contributed by atoms with Gasteiger partial charge in [-0.15, -0.1) is 0 Å². The Morgan fingerprint density at radius 1 is 0.507 bits per heavy atom. The minimum absolute atomic E-state index is 0.0328. The normalized spacial score (nSPS) is 14.4. The molecule has 0 bridgehead atoms. The van der Waals surface area contributed by atoms with Crippen LogP contribution in [0, 0.1) is 0 Å². The zero-order chi connectivity index (χ0) is 50.8. The Morgan fingerprint density at radius 2 is 0.899 bits per heavy atom. The highest BCUT2D eigenvalue weighted by Gasteiger charge is 2.30. The number of phosphoric acid groups is 1. The highest BCUT2D eigenvalue weighted by Crippen LogP contribution is 2.43. The number of nitrogens with zero attached hydrogens (tertiary/aromatic N) is 1. The van der Waals surface area contributed by atoms with Gasteiger partial charge in [-0.05, 0) is 96.0 Å². The molecule has 0 fully saturated rings. The van der Waals surface area contributed by atoms with Crippen LogP contribution in [0.5, 0.6) is 0 Å². The highest BCUT2D eigenvalue weighted by atomic mass is 31.2. The number of rotatable bonds is 50. The average molecular weight is 988 g/mol. The third-order valence-corrected chi connectivity index (χ3v) is 13.1. The van der Waals surface area contributed by atoms with Crippen molar-refractivity contribution in [2.24, 2.45) is 0 Å². The van der Waals surface area contributed by atoms with E-state index >= 15 is 0 Å². The predicted molar refractivity (Wildman–Crippen MR) is 295 cm³/mol. The number of carbonyl (C=O) groups excluding carboxylic acids is 2. The molecule has 10 heteroatoms. The highest BCUT2D eigenvalue weighted by molar-refractivity contribution is 7.47. The first-order chi connectivity index (χ1) is 33.4. The summed E-state index contributed by atoms with van der Waals surface area (Å²) in [7, 11) is 1.47. The minimum Gasteiger partial charge on any atom is -0.456 e. The van der Waals surface area contributed by atoms with Crippen molar-refractivity contribution in [1.29, 1.82) is 0 Å². The standard InChI is InChI=1S/C59H107N2O7P/c1-7-10-13-16-19-22-25-26-27-28-29-30-31-32-33-34-37-40-43-46-49-52-59(63)68-57(50-47-44-41-38-35-23-20-17-14-11-8-2)56(55-67-69(64,65)66-54-53-61(4,5)6)60-58(62)51-48-45-42-39-36-24-21-18-15-12-9-3/h18-19,21-22,26-27,29-30,32-33,47,50,56-57H,7-17,20,23-25,28,31,34-46,48-49,51-55H2,1-6H3,(H-,60,62,64,65)/p+1/b21-18-,22-19-,27-26-,30-29-,33-32-,50-47-. The second-order valence-corrected chi connectivity index (χ2v) is 21.6. The fourth-order valence-electron chi connectivity index (χ4n) is 7.67. The van der Waals surface area contributed by atoms with Crippen LogP contribution in [0.2, 0.25) is 0 Å². The van der Waals surface area contributed by atoms with Crippen LogP contribution in [0.15, 0.2) is 72.9 Å². The second kappa shape index (κ2) is 49.0. The van der Waals surface area contributed by atoms with E-state index in [1.807, 2.05) is 33.3 Å². The number of phosphoric ester groups is 1. The third kappa shape index (κ3) is 50.2. The zero-order valence-electron chi connectivity index (χ0n) is 45.5. The molecule has 0 aliphatic heterocycles. The summed E-state index contributed by atoms with van der Waals surface area (Å²) < 4.78 is 30.5. The van der Waals surface area contributed by atoms with Crippen molar-refractivity contribution in [3.8, 4) is 0 Å². The number of quaternary nitrogens is 1. The van der Waals surface area contributed by atoms with Crippen LogP contribution in [0.1, 0.15) is 239 Å². The Kier molecular flexibility index (Phi) is 47.2. The summed E-state index contributed by atoms with van der Waals surface area (Å²) in [5.74, 6) is -0.541. The molecule has 0 saturated carbocycles. The van der Waals surface area contributed by atoms with Crippen LogP contribution >= 0.6 is 7.82 Å². The van der Waals surface area contributed by atoms with E-state index in [0.717, 1.165) is 116 Å². The monoisotopic (exact) mass is 988 g/mol. The molecule has 69 heavy (non-hydrogen) atoms. The Balaban J connectivity index is 5.30. The van der Waals surface area contributed by atoms with Gasteiger partial charge in [0, 0.05) is 12.8 Å². The summed E-state index contributed by atoms with van der Waals surface area (Å²) >= 11 is 0. The number of nitrogens with one attached hydrogen (secondary N) is 1. The molecule has 3 atom stereocenters. The molecule has 0 spiro atoms. The Labute approximate surface area is 425 Å². The van der Waals surface area contributed by atoms with E-state index in [1.54, 1.807) is 0 Å². The van der Waals surface area contributed by atoms with E-state index < -0.39 is 20.0 Å². The summed E-state index contributed by atoms with van der Waals surface area (Å²) in [6, 6.07) is -0.861. The van der Waals surface area contributed by atoms with E-state index in [0.29, 0.717) is 23.9 Å². The SMILES string of the molecule is CCCC/C=C\CCCCCCCC(=O)NC(COP(=O)(O)OCC[N+](C)(C)C)C(/C=C\CCCCCCCCCCC)OC(=O)CCCCCCC/C=C\C/C=C\C/C=C\C/C=C\CCCCC. The zero-order valence-corrected chi connectivity index (χ0v) is 46.4. The summed E-state index contributed by atoms with van der Waals surface area (Å²) in [5.41, 5.74) is 0. The summed E-state index contributed by atoms with van der Waals surface area (Å²) in [6.07, 6.45) is 61.8. The van der Waals surface area contributed by atoms with Crippen molar-refractivity contribution < 1.29 is 37.3 Å². The number of carbonyl (C=O) groups is 2. The smallest absolute Gasteiger partial charge is 0.456 e.